The van der Waals surface area contributed by atoms with Crippen molar-refractivity contribution in [3.8, 4) is 10.6 Å². The third-order valence-corrected chi connectivity index (χ3v) is 6.17. The molecule has 4 rings (SSSR count). The molecule has 3 aromatic heterocycles. The number of hydrogen-bond donors (Lipinski definition) is 1. The number of nitrogens with zero attached hydrogens (tertiary/aromatic N) is 3. The number of carbonyl (C=O) groups is 1. The lowest BCUT2D eigenvalue weighted by Gasteiger charge is -2.08. The molecule has 1 amide bonds. The largest absolute Gasteiger partial charge is 0.296 e. The molecule has 5 nitrogen and oxygen atoms in total. The van der Waals surface area contributed by atoms with Crippen molar-refractivity contribution in [2.75, 3.05) is 5.32 Å². The van der Waals surface area contributed by atoms with Crippen molar-refractivity contribution in [1.82, 2.24) is 15.2 Å². The molecule has 0 aliphatic rings. The van der Waals surface area contributed by atoms with Crippen LogP contribution in [0.1, 0.15) is 29.2 Å². The van der Waals surface area contributed by atoms with Gasteiger partial charge in [-0.2, -0.15) is 0 Å². The second-order valence-corrected chi connectivity index (χ2v) is 9.51. The van der Waals surface area contributed by atoms with Gasteiger partial charge in [0.1, 0.15) is 5.01 Å². The zero-order valence-electron chi connectivity index (χ0n) is 15.3. The van der Waals surface area contributed by atoms with Crippen molar-refractivity contribution in [2.24, 2.45) is 5.92 Å². The van der Waals surface area contributed by atoms with Gasteiger partial charge in [0.2, 0.25) is 5.13 Å². The Morgan fingerprint density at radius 3 is 2.71 bits per heavy atom. The van der Waals surface area contributed by atoms with Gasteiger partial charge in [-0.25, -0.2) is 4.98 Å². The van der Waals surface area contributed by atoms with Crippen LogP contribution < -0.4 is 5.32 Å². The van der Waals surface area contributed by atoms with Crippen LogP contribution in [-0.2, 0) is 6.42 Å². The van der Waals surface area contributed by atoms with E-state index in [0.717, 1.165) is 32.9 Å². The zero-order valence-corrected chi connectivity index (χ0v) is 17.7. The van der Waals surface area contributed by atoms with Crippen LogP contribution in [-0.4, -0.2) is 21.1 Å². The smallest absolute Gasteiger partial charge is 0.258 e. The van der Waals surface area contributed by atoms with Crippen LogP contribution in [0.3, 0.4) is 0 Å². The Balaban J connectivity index is 1.70. The SMILES string of the molecule is CC(C)Cc1nnc(NC(=O)c2cc(-c3ccc(Cl)s3)nc3ccccc23)s1. The molecule has 0 unspecified atom stereocenters. The first-order chi connectivity index (χ1) is 13.5. The average molecular weight is 429 g/mol. The maximum atomic E-state index is 13.0. The van der Waals surface area contributed by atoms with Crippen LogP contribution in [0.5, 0.6) is 0 Å². The lowest BCUT2D eigenvalue weighted by molar-refractivity contribution is 0.102. The molecule has 0 aliphatic carbocycles. The normalized spacial score (nSPS) is 11.3. The van der Waals surface area contributed by atoms with Gasteiger partial charge in [0.25, 0.3) is 5.91 Å². The molecule has 4 aromatic rings. The van der Waals surface area contributed by atoms with Gasteiger partial charge < -0.3 is 0 Å². The molecule has 0 saturated heterocycles. The number of aromatic nitrogens is 3. The number of hydrogen-bond acceptors (Lipinski definition) is 6. The van der Waals surface area contributed by atoms with Gasteiger partial charge in [-0.1, -0.05) is 55.0 Å². The van der Waals surface area contributed by atoms with E-state index in [4.69, 9.17) is 16.6 Å². The summed E-state index contributed by atoms with van der Waals surface area (Å²) < 4.78 is 0.683. The monoisotopic (exact) mass is 428 g/mol. The summed E-state index contributed by atoms with van der Waals surface area (Å²) in [5.74, 6) is 0.260. The third-order valence-electron chi connectivity index (χ3n) is 4.06. The summed E-state index contributed by atoms with van der Waals surface area (Å²) in [7, 11) is 0. The Morgan fingerprint density at radius 1 is 1.14 bits per heavy atom. The average Bonchev–Trinajstić information content (AvgIpc) is 3.29. The lowest BCUT2D eigenvalue weighted by atomic mass is 10.1. The molecule has 1 aromatic carbocycles. The Kier molecular flexibility index (Phi) is 5.39. The number of nitrogens with one attached hydrogen (secondary N) is 1. The number of rotatable bonds is 5. The molecule has 142 valence electrons. The fraction of sp³-hybridized carbons (Fsp3) is 0.200. The number of pyridine rings is 1. The van der Waals surface area contributed by atoms with Gasteiger partial charge in [0.05, 0.1) is 26.0 Å². The molecule has 0 bridgehead atoms. The van der Waals surface area contributed by atoms with Crippen molar-refractivity contribution in [1.29, 1.82) is 0 Å². The van der Waals surface area contributed by atoms with E-state index >= 15 is 0 Å². The summed E-state index contributed by atoms with van der Waals surface area (Å²) >= 11 is 8.92. The molecule has 1 N–H and O–H groups in total. The molecule has 0 radical (unpaired) electrons. The number of benzene rings is 1. The minimum absolute atomic E-state index is 0.227. The van der Waals surface area contributed by atoms with Crippen molar-refractivity contribution >= 4 is 56.2 Å². The Hall–Kier alpha value is -2.35. The number of anilines is 1. The van der Waals surface area contributed by atoms with Gasteiger partial charge in [-0.05, 0) is 30.2 Å². The summed E-state index contributed by atoms with van der Waals surface area (Å²) in [6.45, 7) is 4.25. The molecule has 0 spiro atoms. The van der Waals surface area contributed by atoms with Crippen LogP contribution in [0, 0.1) is 5.92 Å². The minimum atomic E-state index is -0.227. The van der Waals surface area contributed by atoms with E-state index in [0.29, 0.717) is 20.9 Å². The number of halogens is 1. The van der Waals surface area contributed by atoms with Crippen LogP contribution >= 0.6 is 34.3 Å². The standard InChI is InChI=1S/C20H17ClN4OS2/c1-11(2)9-18-24-25-20(28-18)23-19(26)13-10-15(16-7-8-17(21)27-16)22-14-6-4-3-5-12(13)14/h3-8,10-11H,9H2,1-2H3,(H,23,25,26). The summed E-state index contributed by atoms with van der Waals surface area (Å²) in [4.78, 5) is 18.6. The van der Waals surface area contributed by atoms with Crippen LogP contribution in [0.4, 0.5) is 5.13 Å². The highest BCUT2D eigenvalue weighted by Crippen LogP contribution is 2.32. The summed E-state index contributed by atoms with van der Waals surface area (Å²) in [5.41, 5.74) is 2.02. The molecular weight excluding hydrogens is 412 g/mol. The fourth-order valence-corrected chi connectivity index (χ4v) is 4.79. The van der Waals surface area contributed by atoms with Crippen molar-refractivity contribution in [3.05, 3.63) is 57.4 Å². The second-order valence-electron chi connectivity index (χ2n) is 6.73. The Bertz CT molecular complexity index is 1150. The fourth-order valence-electron chi connectivity index (χ4n) is 2.84. The first-order valence-corrected chi connectivity index (χ1v) is 10.8. The van der Waals surface area contributed by atoms with Crippen LogP contribution in [0.15, 0.2) is 42.5 Å². The maximum Gasteiger partial charge on any atom is 0.258 e. The number of amides is 1. The van der Waals surface area contributed by atoms with Gasteiger partial charge in [-0.3, -0.25) is 10.1 Å². The molecule has 28 heavy (non-hydrogen) atoms. The quantitative estimate of drug-likeness (QED) is 0.428. The van der Waals surface area contributed by atoms with E-state index in [1.54, 1.807) is 6.07 Å². The number of carbonyl (C=O) groups excluding carboxylic acids is 1. The maximum absolute atomic E-state index is 13.0. The molecule has 3 heterocycles. The van der Waals surface area contributed by atoms with E-state index in [2.05, 4.69) is 29.4 Å². The van der Waals surface area contributed by atoms with Crippen molar-refractivity contribution in [2.45, 2.75) is 20.3 Å². The first kappa shape index (κ1) is 19.0. The zero-order chi connectivity index (χ0) is 19.7. The topological polar surface area (TPSA) is 67.8 Å². The predicted octanol–water partition coefficient (Wildman–Crippen LogP) is 5.92. The molecule has 0 saturated carbocycles. The van der Waals surface area contributed by atoms with E-state index < -0.39 is 0 Å². The highest BCUT2D eigenvalue weighted by molar-refractivity contribution is 7.19. The van der Waals surface area contributed by atoms with Crippen LogP contribution in [0.25, 0.3) is 21.5 Å². The van der Waals surface area contributed by atoms with Gasteiger partial charge in [0, 0.05) is 11.8 Å². The minimum Gasteiger partial charge on any atom is -0.296 e. The number of thiophene rings is 1. The number of para-hydroxylation sites is 1. The first-order valence-electron chi connectivity index (χ1n) is 8.79. The third kappa shape index (κ3) is 4.06. The van der Waals surface area contributed by atoms with Crippen LogP contribution in [0.2, 0.25) is 4.34 Å². The molecular formula is C20H17ClN4OS2. The molecule has 0 fully saturated rings. The second kappa shape index (κ2) is 7.95. The molecule has 0 aliphatic heterocycles. The van der Waals surface area contributed by atoms with Crippen molar-refractivity contribution in [3.63, 3.8) is 0 Å². The Labute approximate surface area is 175 Å². The molecule has 8 heteroatoms. The van der Waals surface area contributed by atoms with E-state index in [1.165, 1.54) is 22.7 Å². The van der Waals surface area contributed by atoms with Gasteiger partial charge in [-0.15, -0.1) is 21.5 Å². The summed E-state index contributed by atoms with van der Waals surface area (Å²) in [6, 6.07) is 13.1. The van der Waals surface area contributed by atoms with E-state index in [-0.39, 0.29) is 5.91 Å². The number of fused-ring (bicyclic) bond motifs is 1. The van der Waals surface area contributed by atoms with E-state index in [9.17, 15) is 4.79 Å². The predicted molar refractivity (Wildman–Crippen MR) is 116 cm³/mol. The summed E-state index contributed by atoms with van der Waals surface area (Å²) in [6.07, 6.45) is 0.842. The Morgan fingerprint density at radius 2 is 1.96 bits per heavy atom. The highest BCUT2D eigenvalue weighted by Gasteiger charge is 2.17. The van der Waals surface area contributed by atoms with Crippen molar-refractivity contribution < 1.29 is 4.79 Å². The van der Waals surface area contributed by atoms with E-state index in [1.807, 2.05) is 36.4 Å². The summed E-state index contributed by atoms with van der Waals surface area (Å²) in [5, 5.41) is 13.4. The van der Waals surface area contributed by atoms with Gasteiger partial charge >= 0.3 is 0 Å². The van der Waals surface area contributed by atoms with Gasteiger partial charge in [0.15, 0.2) is 0 Å². The highest BCUT2D eigenvalue weighted by atomic mass is 35.5. The lowest BCUT2D eigenvalue weighted by Crippen LogP contribution is -2.13. The molecule has 0 atom stereocenters.